The van der Waals surface area contributed by atoms with Gasteiger partial charge in [0.15, 0.2) is 11.6 Å². The molecule has 1 aromatic carbocycles. The summed E-state index contributed by atoms with van der Waals surface area (Å²) in [5.41, 5.74) is 1.87. The summed E-state index contributed by atoms with van der Waals surface area (Å²) < 4.78 is 15.4. The second kappa shape index (κ2) is 14.5. The van der Waals surface area contributed by atoms with E-state index in [1.807, 2.05) is 20.8 Å². The second-order valence-corrected chi connectivity index (χ2v) is 6.35. The lowest BCUT2D eigenvalue weighted by molar-refractivity contribution is -0.0777. The number of anilines is 2. The summed E-state index contributed by atoms with van der Waals surface area (Å²) in [6.07, 6.45) is 0. The predicted octanol–water partition coefficient (Wildman–Crippen LogP) is 3.93. The maximum atomic E-state index is 5.39. The molecule has 0 spiro atoms. The van der Waals surface area contributed by atoms with Crippen molar-refractivity contribution in [3.05, 3.63) is 30.0 Å². The molecule has 1 aromatic heterocycles. The van der Waals surface area contributed by atoms with Crippen molar-refractivity contribution >= 4 is 35.4 Å². The van der Waals surface area contributed by atoms with Crippen LogP contribution in [0.5, 0.6) is 5.75 Å². The number of nitrogens with two attached hydrogens (primary N) is 1. The van der Waals surface area contributed by atoms with E-state index < -0.39 is 0 Å². The molecule has 1 heterocycles. The Kier molecular flexibility index (Phi) is 11.6. The van der Waals surface area contributed by atoms with Crippen LogP contribution >= 0.6 is 12.2 Å². The normalized spacial score (nSPS) is 11.1. The second-order valence-electron chi connectivity index (χ2n) is 6.02. The van der Waals surface area contributed by atoms with E-state index in [9.17, 15) is 0 Å². The quantitative estimate of drug-likeness (QED) is 0.0911. The van der Waals surface area contributed by atoms with Gasteiger partial charge in [-0.05, 0) is 45.0 Å². The van der Waals surface area contributed by atoms with Gasteiger partial charge in [-0.1, -0.05) is 4.33 Å². The Morgan fingerprint density at radius 2 is 1.65 bits per heavy atom. The Morgan fingerprint density at radius 3 is 2.29 bits per heavy atom. The van der Waals surface area contributed by atoms with Gasteiger partial charge in [0.05, 0.1) is 24.6 Å². The zero-order valence-corrected chi connectivity index (χ0v) is 18.8. The molecule has 11 nitrogen and oxygen atoms in total. The summed E-state index contributed by atoms with van der Waals surface area (Å²) in [6.45, 7) is 9.38. The third kappa shape index (κ3) is 9.02. The number of nitrogens with one attached hydrogen (secondary N) is 2. The molecule has 0 saturated carbocycles. The SMILES string of the molecule is CCOCCNc1nc(C)c(N=Nc2ccc(OOSN)cc2)c(NCCOCC)n1. The minimum absolute atomic E-state index is 0.495. The zero-order valence-electron chi connectivity index (χ0n) is 18.0. The number of benzene rings is 1. The molecule has 2 rings (SSSR count). The van der Waals surface area contributed by atoms with Gasteiger partial charge in [-0.2, -0.15) is 10.1 Å². The van der Waals surface area contributed by atoms with Gasteiger partial charge in [0.1, 0.15) is 17.9 Å². The Labute approximate surface area is 186 Å². The van der Waals surface area contributed by atoms with Gasteiger partial charge >= 0.3 is 0 Å². The third-order valence-corrected chi connectivity index (χ3v) is 3.95. The zero-order chi connectivity index (χ0) is 22.3. The monoisotopic (exact) mass is 451 g/mol. The Balaban J connectivity index is 2.15. The average Bonchev–Trinajstić information content (AvgIpc) is 2.78. The standard InChI is InChI=1S/C19H29N7O4S/c1-4-27-12-10-21-18-17(14(3)23-19(24-18)22-11-13-28-5-2)26-25-15-6-8-16(9-7-15)29-30-31-20/h6-9H,4-5,10-13,20H2,1-3H3,(H2,21,22,23,24). The summed E-state index contributed by atoms with van der Waals surface area (Å²) in [5, 5.41) is 20.2. The van der Waals surface area contributed by atoms with Gasteiger partial charge in [0.2, 0.25) is 5.95 Å². The molecule has 0 atom stereocenters. The van der Waals surface area contributed by atoms with Crippen LogP contribution < -0.4 is 20.7 Å². The molecule has 0 fully saturated rings. The maximum absolute atomic E-state index is 5.39. The topological polar surface area (TPSA) is 138 Å². The Morgan fingerprint density at radius 1 is 0.968 bits per heavy atom. The van der Waals surface area contributed by atoms with Gasteiger partial charge in [-0.25, -0.2) is 4.98 Å². The van der Waals surface area contributed by atoms with Crippen molar-refractivity contribution in [1.82, 2.24) is 9.97 Å². The van der Waals surface area contributed by atoms with Crippen LogP contribution in [0.4, 0.5) is 23.1 Å². The molecule has 4 N–H and O–H groups in total. The first kappa shape index (κ1) is 24.8. The van der Waals surface area contributed by atoms with Gasteiger partial charge in [-0.3, -0.25) is 5.14 Å². The Hall–Kier alpha value is -2.51. The molecule has 0 radical (unpaired) electrons. The first-order chi connectivity index (χ1) is 15.2. The largest absolute Gasteiger partial charge is 0.380 e. The van der Waals surface area contributed by atoms with Crippen LogP contribution in [0.25, 0.3) is 0 Å². The minimum atomic E-state index is 0.495. The fourth-order valence-electron chi connectivity index (χ4n) is 2.39. The molecular weight excluding hydrogens is 422 g/mol. The van der Waals surface area contributed by atoms with Crippen LogP contribution in [0.1, 0.15) is 19.5 Å². The van der Waals surface area contributed by atoms with Crippen molar-refractivity contribution in [2.45, 2.75) is 20.8 Å². The van der Waals surface area contributed by atoms with Crippen molar-refractivity contribution in [1.29, 1.82) is 0 Å². The number of aryl methyl sites for hydroxylation is 1. The van der Waals surface area contributed by atoms with E-state index in [1.54, 1.807) is 24.3 Å². The number of rotatable bonds is 15. The van der Waals surface area contributed by atoms with Crippen LogP contribution in [-0.2, 0) is 13.8 Å². The van der Waals surface area contributed by atoms with Gasteiger partial charge in [-0.15, -0.1) is 5.11 Å². The van der Waals surface area contributed by atoms with E-state index in [2.05, 4.69) is 35.2 Å². The summed E-state index contributed by atoms with van der Waals surface area (Å²) in [4.78, 5) is 14.0. The molecule has 0 amide bonds. The van der Waals surface area contributed by atoms with Crippen molar-refractivity contribution in [2.24, 2.45) is 15.4 Å². The average molecular weight is 452 g/mol. The van der Waals surface area contributed by atoms with E-state index in [0.29, 0.717) is 86.3 Å². The third-order valence-electron chi connectivity index (χ3n) is 3.81. The fourth-order valence-corrected chi connectivity index (χ4v) is 2.51. The van der Waals surface area contributed by atoms with E-state index in [0.717, 1.165) is 0 Å². The molecule has 12 heteroatoms. The van der Waals surface area contributed by atoms with Crippen LogP contribution in [-0.4, -0.2) is 49.5 Å². The Bertz CT molecular complexity index is 809. The van der Waals surface area contributed by atoms with Crippen LogP contribution in [0.2, 0.25) is 0 Å². The van der Waals surface area contributed by atoms with Crippen LogP contribution in [0, 0.1) is 6.92 Å². The number of hydrogen-bond donors (Lipinski definition) is 3. The van der Waals surface area contributed by atoms with E-state index in [4.69, 9.17) is 19.5 Å². The van der Waals surface area contributed by atoms with E-state index >= 15 is 0 Å². The summed E-state index contributed by atoms with van der Waals surface area (Å²) in [7, 11) is 0. The molecule has 170 valence electrons. The van der Waals surface area contributed by atoms with Gasteiger partial charge < -0.3 is 25.0 Å². The highest BCUT2D eigenvalue weighted by molar-refractivity contribution is 7.92. The molecule has 2 aromatic rings. The van der Waals surface area contributed by atoms with Crippen molar-refractivity contribution in [2.75, 3.05) is 50.2 Å². The first-order valence-electron chi connectivity index (χ1n) is 9.91. The lowest BCUT2D eigenvalue weighted by Gasteiger charge is -2.12. The van der Waals surface area contributed by atoms with Crippen molar-refractivity contribution in [3.8, 4) is 5.75 Å². The number of azo groups is 1. The number of aromatic nitrogens is 2. The minimum Gasteiger partial charge on any atom is -0.380 e. The predicted molar refractivity (Wildman–Crippen MR) is 121 cm³/mol. The summed E-state index contributed by atoms with van der Waals surface area (Å²) in [5.74, 6) is 1.56. The molecule has 0 bridgehead atoms. The van der Waals surface area contributed by atoms with Crippen LogP contribution in [0.3, 0.4) is 0 Å². The summed E-state index contributed by atoms with van der Waals surface area (Å²) >= 11 is 0.623. The molecule has 31 heavy (non-hydrogen) atoms. The molecule has 0 aliphatic heterocycles. The van der Waals surface area contributed by atoms with Gasteiger partial charge in [0.25, 0.3) is 0 Å². The van der Waals surface area contributed by atoms with E-state index in [-0.39, 0.29) is 0 Å². The van der Waals surface area contributed by atoms with Crippen molar-refractivity contribution in [3.63, 3.8) is 0 Å². The molecule has 0 aliphatic rings. The van der Waals surface area contributed by atoms with Crippen LogP contribution in [0.15, 0.2) is 34.5 Å². The highest BCUT2D eigenvalue weighted by Gasteiger charge is 2.12. The van der Waals surface area contributed by atoms with Gasteiger partial charge in [0, 0.05) is 26.3 Å². The number of ether oxygens (including phenoxy) is 2. The fraction of sp³-hybridized carbons (Fsp3) is 0.474. The molecule has 0 unspecified atom stereocenters. The number of nitrogens with zero attached hydrogens (tertiary/aromatic N) is 4. The van der Waals surface area contributed by atoms with E-state index in [1.165, 1.54) is 0 Å². The maximum Gasteiger partial charge on any atom is 0.225 e. The number of hydrogen-bond acceptors (Lipinski definition) is 12. The molecule has 0 aliphatic carbocycles. The first-order valence-corrected chi connectivity index (χ1v) is 10.7. The highest BCUT2D eigenvalue weighted by Crippen LogP contribution is 2.30. The molecule has 0 saturated heterocycles. The summed E-state index contributed by atoms with van der Waals surface area (Å²) in [6, 6.07) is 6.87. The lowest BCUT2D eigenvalue weighted by Crippen LogP contribution is -2.15. The lowest BCUT2D eigenvalue weighted by atomic mass is 10.3. The highest BCUT2D eigenvalue weighted by atomic mass is 32.2. The molecular formula is C19H29N7O4S. The van der Waals surface area contributed by atoms with Crippen molar-refractivity contribution < 1.29 is 18.7 Å². The smallest absolute Gasteiger partial charge is 0.225 e.